The SMILES string of the molecule is CCN(CC)[C@@H](CNCC1CCN(C)CC1)c1ccco1. The quantitative estimate of drug-likeness (QED) is 0.798. The highest BCUT2D eigenvalue weighted by molar-refractivity contribution is 5.05. The Bertz CT molecular complexity index is 367. The topological polar surface area (TPSA) is 31.6 Å². The second-order valence-corrected chi connectivity index (χ2v) is 6.16. The Kier molecular flexibility index (Phi) is 6.74. The Labute approximate surface area is 129 Å². The van der Waals surface area contributed by atoms with E-state index in [2.05, 4.69) is 42.1 Å². The summed E-state index contributed by atoms with van der Waals surface area (Å²) in [5.41, 5.74) is 0. The van der Waals surface area contributed by atoms with Crippen molar-refractivity contribution in [3.8, 4) is 0 Å². The van der Waals surface area contributed by atoms with Crippen molar-refractivity contribution in [1.82, 2.24) is 15.1 Å². The predicted molar refractivity (Wildman–Crippen MR) is 87.5 cm³/mol. The molecule has 120 valence electrons. The number of hydrogen-bond donors (Lipinski definition) is 1. The maximum absolute atomic E-state index is 5.65. The Hall–Kier alpha value is -0.840. The van der Waals surface area contributed by atoms with Gasteiger partial charge in [0.25, 0.3) is 0 Å². The van der Waals surface area contributed by atoms with Gasteiger partial charge in [0.05, 0.1) is 12.3 Å². The fraction of sp³-hybridized carbons (Fsp3) is 0.765. The number of likely N-dealkylation sites (N-methyl/N-ethyl adjacent to an activating group) is 1. The van der Waals surface area contributed by atoms with E-state index in [-0.39, 0.29) is 0 Å². The zero-order valence-electron chi connectivity index (χ0n) is 13.8. The highest BCUT2D eigenvalue weighted by Crippen LogP contribution is 2.21. The first-order valence-corrected chi connectivity index (χ1v) is 8.41. The Balaban J connectivity index is 1.82. The monoisotopic (exact) mass is 293 g/mol. The third-order valence-corrected chi connectivity index (χ3v) is 4.73. The van der Waals surface area contributed by atoms with Crippen LogP contribution in [-0.4, -0.2) is 56.1 Å². The number of piperidine rings is 1. The second kappa shape index (κ2) is 8.57. The molecule has 0 aliphatic carbocycles. The summed E-state index contributed by atoms with van der Waals surface area (Å²) in [5.74, 6) is 1.91. The molecule has 1 atom stereocenters. The molecule has 1 aromatic rings. The average Bonchev–Trinajstić information content (AvgIpc) is 3.02. The van der Waals surface area contributed by atoms with Crippen molar-refractivity contribution in [3.63, 3.8) is 0 Å². The molecule has 0 aromatic carbocycles. The molecule has 2 rings (SSSR count). The van der Waals surface area contributed by atoms with Crippen LogP contribution in [0.1, 0.15) is 38.5 Å². The molecule has 4 nitrogen and oxygen atoms in total. The van der Waals surface area contributed by atoms with Crippen LogP contribution < -0.4 is 5.32 Å². The molecule has 0 unspecified atom stereocenters. The van der Waals surface area contributed by atoms with Crippen molar-refractivity contribution in [2.75, 3.05) is 46.3 Å². The second-order valence-electron chi connectivity index (χ2n) is 6.16. The van der Waals surface area contributed by atoms with E-state index in [0.717, 1.165) is 37.9 Å². The summed E-state index contributed by atoms with van der Waals surface area (Å²) in [5, 5.41) is 3.69. The van der Waals surface area contributed by atoms with Crippen LogP contribution in [0.2, 0.25) is 0 Å². The summed E-state index contributed by atoms with van der Waals surface area (Å²) in [6.45, 7) is 11.1. The smallest absolute Gasteiger partial charge is 0.122 e. The van der Waals surface area contributed by atoms with Gasteiger partial charge in [-0.2, -0.15) is 0 Å². The molecule has 4 heteroatoms. The van der Waals surface area contributed by atoms with Crippen LogP contribution in [0.25, 0.3) is 0 Å². The van der Waals surface area contributed by atoms with E-state index in [4.69, 9.17) is 4.42 Å². The zero-order valence-corrected chi connectivity index (χ0v) is 13.8. The van der Waals surface area contributed by atoms with Gasteiger partial charge in [-0.25, -0.2) is 0 Å². The Morgan fingerprint density at radius 3 is 2.62 bits per heavy atom. The predicted octanol–water partition coefficient (Wildman–Crippen LogP) is 2.59. The minimum Gasteiger partial charge on any atom is -0.468 e. The van der Waals surface area contributed by atoms with E-state index >= 15 is 0 Å². The first-order valence-electron chi connectivity index (χ1n) is 8.41. The van der Waals surface area contributed by atoms with Crippen molar-refractivity contribution in [1.29, 1.82) is 0 Å². The van der Waals surface area contributed by atoms with Crippen LogP contribution in [0.3, 0.4) is 0 Å². The summed E-state index contributed by atoms with van der Waals surface area (Å²) in [6.07, 6.45) is 4.42. The van der Waals surface area contributed by atoms with Crippen molar-refractivity contribution in [2.45, 2.75) is 32.7 Å². The summed E-state index contributed by atoms with van der Waals surface area (Å²) < 4.78 is 5.65. The van der Waals surface area contributed by atoms with Gasteiger partial charge in [-0.3, -0.25) is 4.90 Å². The number of nitrogens with zero attached hydrogens (tertiary/aromatic N) is 2. The molecule has 0 bridgehead atoms. The van der Waals surface area contributed by atoms with Crippen LogP contribution in [0.5, 0.6) is 0 Å². The van der Waals surface area contributed by atoms with Gasteiger partial charge in [0.1, 0.15) is 5.76 Å². The minimum absolute atomic E-state index is 0.348. The van der Waals surface area contributed by atoms with Crippen molar-refractivity contribution >= 4 is 0 Å². The van der Waals surface area contributed by atoms with E-state index in [0.29, 0.717) is 6.04 Å². The van der Waals surface area contributed by atoms with Gasteiger partial charge >= 0.3 is 0 Å². The first kappa shape index (κ1) is 16.5. The van der Waals surface area contributed by atoms with Crippen molar-refractivity contribution in [3.05, 3.63) is 24.2 Å². The maximum Gasteiger partial charge on any atom is 0.122 e. The van der Waals surface area contributed by atoms with E-state index in [1.807, 2.05) is 6.07 Å². The summed E-state index contributed by atoms with van der Waals surface area (Å²) in [4.78, 5) is 4.89. The number of rotatable bonds is 8. The zero-order chi connectivity index (χ0) is 15.1. The van der Waals surface area contributed by atoms with E-state index < -0.39 is 0 Å². The number of nitrogens with one attached hydrogen (secondary N) is 1. The number of hydrogen-bond acceptors (Lipinski definition) is 4. The molecule has 1 aliphatic rings. The van der Waals surface area contributed by atoms with Gasteiger partial charge in [-0.05, 0) is 70.7 Å². The third-order valence-electron chi connectivity index (χ3n) is 4.73. The summed E-state index contributed by atoms with van der Waals surface area (Å²) in [7, 11) is 2.22. The van der Waals surface area contributed by atoms with Crippen molar-refractivity contribution in [2.24, 2.45) is 5.92 Å². The van der Waals surface area contributed by atoms with E-state index in [1.165, 1.54) is 25.9 Å². The molecule has 1 aromatic heterocycles. The fourth-order valence-electron chi connectivity index (χ4n) is 3.25. The van der Waals surface area contributed by atoms with E-state index in [9.17, 15) is 0 Å². The molecule has 0 amide bonds. The van der Waals surface area contributed by atoms with Gasteiger partial charge < -0.3 is 14.6 Å². The molecular formula is C17H31N3O. The number of furan rings is 1. The standard InChI is InChI=1S/C17H31N3O/c1-4-20(5-2)16(17-7-6-12-21-17)14-18-13-15-8-10-19(3)11-9-15/h6-7,12,15-16,18H,4-5,8-11,13-14H2,1-3H3/t16-/m0/s1. The van der Waals surface area contributed by atoms with Gasteiger partial charge in [0, 0.05) is 6.54 Å². The molecule has 1 aliphatic heterocycles. The Morgan fingerprint density at radius 2 is 2.05 bits per heavy atom. The van der Waals surface area contributed by atoms with Gasteiger partial charge in [0.15, 0.2) is 0 Å². The van der Waals surface area contributed by atoms with Crippen LogP contribution in [0.4, 0.5) is 0 Å². The lowest BCUT2D eigenvalue weighted by molar-refractivity contribution is 0.178. The lowest BCUT2D eigenvalue weighted by Gasteiger charge is -2.31. The van der Waals surface area contributed by atoms with E-state index in [1.54, 1.807) is 6.26 Å². The van der Waals surface area contributed by atoms with Crippen LogP contribution >= 0.6 is 0 Å². The molecule has 1 fully saturated rings. The number of likely N-dealkylation sites (tertiary alicyclic amines) is 1. The maximum atomic E-state index is 5.65. The Morgan fingerprint density at radius 1 is 1.33 bits per heavy atom. The van der Waals surface area contributed by atoms with Gasteiger partial charge in [-0.15, -0.1) is 0 Å². The average molecular weight is 293 g/mol. The molecule has 21 heavy (non-hydrogen) atoms. The van der Waals surface area contributed by atoms with Gasteiger partial charge in [0.2, 0.25) is 0 Å². The van der Waals surface area contributed by atoms with Crippen LogP contribution in [0.15, 0.2) is 22.8 Å². The largest absolute Gasteiger partial charge is 0.468 e. The highest BCUT2D eigenvalue weighted by Gasteiger charge is 2.21. The molecule has 0 saturated carbocycles. The van der Waals surface area contributed by atoms with Gasteiger partial charge in [-0.1, -0.05) is 13.8 Å². The van der Waals surface area contributed by atoms with Crippen LogP contribution in [0, 0.1) is 5.92 Å². The normalized spacial score (nSPS) is 19.2. The summed E-state index contributed by atoms with van der Waals surface area (Å²) >= 11 is 0. The van der Waals surface area contributed by atoms with Crippen molar-refractivity contribution < 1.29 is 4.42 Å². The lowest BCUT2D eigenvalue weighted by Crippen LogP contribution is -2.39. The first-order chi connectivity index (χ1) is 10.2. The third kappa shape index (κ3) is 4.83. The molecule has 1 saturated heterocycles. The summed E-state index contributed by atoms with van der Waals surface area (Å²) in [6, 6.07) is 4.43. The molecular weight excluding hydrogens is 262 g/mol. The fourth-order valence-corrected chi connectivity index (χ4v) is 3.25. The molecule has 1 N–H and O–H groups in total. The van der Waals surface area contributed by atoms with Crippen LogP contribution in [-0.2, 0) is 0 Å². The highest BCUT2D eigenvalue weighted by atomic mass is 16.3. The lowest BCUT2D eigenvalue weighted by atomic mass is 9.97. The molecule has 2 heterocycles. The molecule has 0 radical (unpaired) electrons. The minimum atomic E-state index is 0.348. The molecule has 0 spiro atoms.